The quantitative estimate of drug-likeness (QED) is 0.197. The number of alkyl halides is 5. The van der Waals surface area contributed by atoms with Crippen LogP contribution in [0.25, 0.3) is 0 Å². The zero-order valence-electron chi connectivity index (χ0n) is 29.1. The molecule has 2 aliphatic heterocycles. The van der Waals surface area contributed by atoms with Gasteiger partial charge in [0, 0.05) is 0 Å². The summed E-state index contributed by atoms with van der Waals surface area (Å²) in [6.45, 7) is 4.56. The Morgan fingerprint density at radius 3 is 2.66 bits per heavy atom. The number of rotatable bonds is 7. The molecule has 2 aromatic rings. The molecule has 0 aromatic carbocycles. The Bertz CT molecular complexity index is 2100. The van der Waals surface area contributed by atoms with Gasteiger partial charge < -0.3 is 0 Å². The average Bonchev–Trinajstić information content (AvgIpc) is 3.62. The number of hydrogen-bond donors (Lipinski definition) is 3. The van der Waals surface area contributed by atoms with Gasteiger partial charge in [-0.3, -0.25) is 0 Å². The van der Waals surface area contributed by atoms with E-state index < -0.39 is 89.1 Å². The summed E-state index contributed by atoms with van der Waals surface area (Å²) < 4.78 is 102. The second kappa shape index (κ2) is 13.8. The Hall–Kier alpha value is -4.98. The predicted octanol–water partition coefficient (Wildman–Crippen LogP) is 5.45. The summed E-state index contributed by atoms with van der Waals surface area (Å²) in [7, 11) is 1.72. The van der Waals surface area contributed by atoms with Crippen LogP contribution in [0.15, 0.2) is 64.8 Å². The number of nitrogens with two attached hydrogens (primary N) is 1. The monoisotopic (exact) mass is 741 g/mol. The predicted molar refractivity (Wildman–Crippen MR) is 184 cm³/mol. The van der Waals surface area contributed by atoms with Crippen molar-refractivity contribution in [2.24, 2.45) is 10.8 Å². The van der Waals surface area contributed by atoms with Crippen molar-refractivity contribution in [3.8, 4) is 11.8 Å². The first-order valence-corrected chi connectivity index (χ1v) is 16.7. The number of nitrogens with zero attached hydrogens (tertiary/aromatic N) is 5. The van der Waals surface area contributed by atoms with Crippen LogP contribution in [0.4, 0.5) is 30.7 Å². The molecule has 2 aromatic heterocycles. The minimum absolute atomic E-state index is 0.161. The third kappa shape index (κ3) is 7.88. The van der Waals surface area contributed by atoms with E-state index in [4.69, 9.17) is 10.7 Å². The summed E-state index contributed by atoms with van der Waals surface area (Å²) in [5.41, 5.74) is 3.46. The topological polar surface area (TPSA) is 122 Å². The Labute approximate surface area is 301 Å². The van der Waals surface area contributed by atoms with Crippen LogP contribution in [-0.2, 0) is 23.4 Å². The molecule has 0 saturated heterocycles. The van der Waals surface area contributed by atoms with Crippen LogP contribution in [0.2, 0.25) is 6.32 Å². The third-order valence-electron chi connectivity index (χ3n) is 9.26. The Morgan fingerprint density at radius 2 is 1.96 bits per heavy atom. The molecule has 4 N–H and O–H groups in total. The Kier molecular flexibility index (Phi) is 9.82. The van der Waals surface area contributed by atoms with Crippen molar-refractivity contribution < 1.29 is 40.6 Å². The van der Waals surface area contributed by atoms with Crippen molar-refractivity contribution in [2.75, 3.05) is 7.05 Å². The summed E-state index contributed by atoms with van der Waals surface area (Å²) in [5, 5.41) is 22.5. The summed E-state index contributed by atoms with van der Waals surface area (Å²) in [4.78, 5) is 18.6. The molecule has 17 heteroatoms. The van der Waals surface area contributed by atoms with Gasteiger partial charge in [0.25, 0.3) is 0 Å². The normalized spacial score (nSPS) is 22.5. The summed E-state index contributed by atoms with van der Waals surface area (Å²) in [5.74, 6) is -2.26. The number of pyridine rings is 1. The number of fused-ring (bicyclic) bond motifs is 2. The van der Waals surface area contributed by atoms with Gasteiger partial charge in [-0.2, -0.15) is 0 Å². The van der Waals surface area contributed by atoms with Crippen LogP contribution < -0.4 is 11.1 Å². The number of aliphatic hydroxyl groups is 1. The van der Waals surface area contributed by atoms with Gasteiger partial charge in [0.05, 0.1) is 0 Å². The number of amidine groups is 1. The van der Waals surface area contributed by atoms with E-state index in [0.29, 0.717) is 21.9 Å². The van der Waals surface area contributed by atoms with Crippen molar-refractivity contribution >= 4 is 24.1 Å². The van der Waals surface area contributed by atoms with Gasteiger partial charge in [-0.05, 0) is 0 Å². The molecule has 4 atom stereocenters. The first-order chi connectivity index (χ1) is 24.7. The fraction of sp³-hybridized carbons (Fsp3) is 0.417. The fourth-order valence-electron chi connectivity index (χ4n) is 7.16. The second-order valence-electron chi connectivity index (χ2n) is 14.0. The van der Waals surface area contributed by atoms with E-state index >= 15 is 8.78 Å². The molecular formula is C36H35BF7N7O2. The minimum atomic E-state index is -5.06. The van der Waals surface area contributed by atoms with Crippen molar-refractivity contribution in [2.45, 2.75) is 88.1 Å². The standard InChI is InChI=1S/C36H35BF7N7O2/c1-18-15-35(40,41)32-28(18)31(36(42,43)44)48-51(32)17-27(52)47-26(13-19-12-20(38)14-21(39)16-37-19)29-23(9-8-22(46-29)10-11-34(2,3)53)24-6-5-7-25-30(24)50(4)49-33(25)45/h5-9,12,14,18,24,26,30,53H,13,15-17H2,1-4H3,(H2,45,49)(H,47,52)/t18-,24?,26-,30?/m0/s1. The number of nitrogens with one attached hydrogen (secondary N) is 1. The van der Waals surface area contributed by atoms with E-state index in [9.17, 15) is 31.9 Å². The fourth-order valence-corrected chi connectivity index (χ4v) is 7.16. The number of carbonyl (C=O) groups is 1. The molecule has 2 aliphatic carbocycles. The van der Waals surface area contributed by atoms with Gasteiger partial charge in [-0.25, -0.2) is 0 Å². The zero-order chi connectivity index (χ0) is 38.6. The van der Waals surface area contributed by atoms with Gasteiger partial charge in [-0.1, -0.05) is 0 Å². The van der Waals surface area contributed by atoms with Gasteiger partial charge in [-0.15, -0.1) is 0 Å². The van der Waals surface area contributed by atoms with E-state index in [-0.39, 0.29) is 35.4 Å². The van der Waals surface area contributed by atoms with Crippen LogP contribution in [0, 0.1) is 11.8 Å². The number of likely N-dealkylation sites (N-methyl/N-ethyl adjacent to an activating group) is 1. The van der Waals surface area contributed by atoms with Crippen LogP contribution in [0.1, 0.15) is 85.4 Å². The SMILES string of the molecule is C[C@H]1CC(F)(F)c2c1c(C(F)(F)F)nn2CC(=O)N[C@@H](CC1=BCC(F)=CC(F)=C1)c1nc(C#CC(C)(C)O)ccc1C1C=CC=C2C(N)=NN(C)C21. The van der Waals surface area contributed by atoms with Crippen LogP contribution in [0.3, 0.4) is 0 Å². The van der Waals surface area contributed by atoms with Gasteiger partial charge >= 0.3 is 301 Å². The first-order valence-electron chi connectivity index (χ1n) is 16.7. The molecule has 0 saturated carbocycles. The van der Waals surface area contributed by atoms with Crippen molar-refractivity contribution in [3.05, 3.63) is 93.6 Å². The number of halogens is 7. The molecule has 0 spiro atoms. The molecule has 9 nitrogen and oxygen atoms in total. The number of allylic oxidation sites excluding steroid dienone is 6. The van der Waals surface area contributed by atoms with Gasteiger partial charge in [0.1, 0.15) is 0 Å². The first kappa shape index (κ1) is 37.8. The number of amides is 1. The molecule has 2 unspecified atom stereocenters. The van der Waals surface area contributed by atoms with Crippen molar-refractivity contribution in [3.63, 3.8) is 0 Å². The number of hydrazone groups is 1. The van der Waals surface area contributed by atoms with E-state index in [0.717, 1.165) is 6.08 Å². The van der Waals surface area contributed by atoms with Crippen LogP contribution in [-0.4, -0.2) is 67.7 Å². The van der Waals surface area contributed by atoms with Crippen LogP contribution in [0.5, 0.6) is 0 Å². The van der Waals surface area contributed by atoms with Gasteiger partial charge in [0.15, 0.2) is 0 Å². The summed E-state index contributed by atoms with van der Waals surface area (Å²) >= 11 is 0. The van der Waals surface area contributed by atoms with E-state index in [1.54, 1.807) is 36.3 Å². The van der Waals surface area contributed by atoms with Crippen molar-refractivity contribution in [1.29, 1.82) is 0 Å². The number of aromatic nitrogens is 3. The molecule has 0 bridgehead atoms. The second-order valence-corrected chi connectivity index (χ2v) is 14.0. The molecule has 53 heavy (non-hydrogen) atoms. The molecule has 278 valence electrons. The molecule has 0 fully saturated rings. The van der Waals surface area contributed by atoms with E-state index in [1.807, 2.05) is 6.08 Å². The molecular weight excluding hydrogens is 706 g/mol. The van der Waals surface area contributed by atoms with E-state index in [1.165, 1.54) is 27.7 Å². The Balaban J connectivity index is 1.45. The Morgan fingerprint density at radius 1 is 1.23 bits per heavy atom. The maximum absolute atomic E-state index is 15.2. The van der Waals surface area contributed by atoms with Gasteiger partial charge in [0.2, 0.25) is 0 Å². The third-order valence-corrected chi connectivity index (χ3v) is 9.26. The van der Waals surface area contributed by atoms with Crippen LogP contribution >= 0.6 is 0 Å². The van der Waals surface area contributed by atoms with E-state index in [2.05, 4.69) is 27.4 Å². The summed E-state index contributed by atoms with van der Waals surface area (Å²) in [6.07, 6.45) is 0.804. The molecule has 4 aliphatic rings. The number of hydrogen-bond acceptors (Lipinski definition) is 7. The molecule has 6 rings (SSSR count). The zero-order valence-corrected chi connectivity index (χ0v) is 29.1. The molecule has 4 heterocycles. The molecule has 0 radical (unpaired) electrons. The molecule has 1 amide bonds. The average molecular weight is 742 g/mol. The van der Waals surface area contributed by atoms with Crippen molar-refractivity contribution in [1.82, 2.24) is 25.1 Å². The maximum atomic E-state index is 15.2. The summed E-state index contributed by atoms with van der Waals surface area (Å²) in [6, 6.07) is 1.68. The number of carbonyl (C=O) groups excluding carboxylic acids is 1.